The van der Waals surface area contributed by atoms with Crippen LogP contribution in [-0.2, 0) is 44.9 Å². The number of fused-ring (bicyclic) bond motifs is 1. The Morgan fingerprint density at radius 3 is 2.09 bits per heavy atom. The van der Waals surface area contributed by atoms with Gasteiger partial charge in [-0.3, -0.25) is 14.4 Å². The smallest absolute Gasteiger partial charge is 0.309 e. The normalized spacial score (nSPS) is 22.9. The molecular formula is C36H40N2O5. The van der Waals surface area contributed by atoms with Gasteiger partial charge in [-0.1, -0.05) is 97.1 Å². The van der Waals surface area contributed by atoms with E-state index in [9.17, 15) is 19.5 Å². The second-order valence-electron chi connectivity index (χ2n) is 11.6. The molecule has 0 saturated carbocycles. The van der Waals surface area contributed by atoms with Crippen molar-refractivity contribution in [2.45, 2.75) is 57.2 Å². The summed E-state index contributed by atoms with van der Waals surface area (Å²) in [6.45, 7) is 0.326. The van der Waals surface area contributed by atoms with Gasteiger partial charge in [0.05, 0.1) is 30.5 Å². The summed E-state index contributed by atoms with van der Waals surface area (Å²) in [5.74, 6) is -1.63. The van der Waals surface area contributed by atoms with Gasteiger partial charge in [0.15, 0.2) is 0 Å². The lowest BCUT2D eigenvalue weighted by molar-refractivity contribution is -0.150. The zero-order valence-electron chi connectivity index (χ0n) is 24.4. The first-order chi connectivity index (χ1) is 21.0. The molecule has 4 unspecified atom stereocenters. The van der Waals surface area contributed by atoms with E-state index in [1.165, 1.54) is 0 Å². The van der Waals surface area contributed by atoms with Gasteiger partial charge in [-0.25, -0.2) is 0 Å². The van der Waals surface area contributed by atoms with Crippen molar-refractivity contribution in [2.75, 3.05) is 13.2 Å². The summed E-state index contributed by atoms with van der Waals surface area (Å²) in [6, 6.07) is 26.9. The number of nitrogens with zero attached hydrogens (tertiary/aromatic N) is 1. The molecule has 5 rings (SSSR count). The number of aliphatic hydroxyl groups excluding tert-OH is 1. The van der Waals surface area contributed by atoms with Crippen LogP contribution >= 0.6 is 0 Å². The first-order valence-corrected chi connectivity index (χ1v) is 15.2. The minimum atomic E-state index is -0.596. The van der Waals surface area contributed by atoms with Gasteiger partial charge in [0.25, 0.3) is 0 Å². The Bertz CT molecular complexity index is 1410. The molecule has 0 bridgehead atoms. The lowest BCUT2D eigenvalue weighted by Gasteiger charge is -2.36. The number of nitrogens with one attached hydrogen (secondary N) is 1. The number of allylic oxidation sites excluding steroid dienone is 2. The zero-order valence-corrected chi connectivity index (χ0v) is 24.4. The Balaban J connectivity index is 1.35. The zero-order chi connectivity index (χ0) is 30.0. The third-order valence-corrected chi connectivity index (χ3v) is 8.44. The molecule has 0 radical (unpaired) electrons. The number of cyclic esters (lactones) is 1. The van der Waals surface area contributed by atoms with E-state index in [0.717, 1.165) is 22.3 Å². The van der Waals surface area contributed by atoms with Crippen LogP contribution in [0, 0.1) is 11.8 Å². The molecule has 0 aromatic heterocycles. The van der Waals surface area contributed by atoms with Crippen LogP contribution in [0.5, 0.6) is 0 Å². The Hall–Kier alpha value is -4.23. The molecule has 2 N–H and O–H groups in total. The third kappa shape index (κ3) is 8.20. The monoisotopic (exact) mass is 580 g/mol. The van der Waals surface area contributed by atoms with E-state index >= 15 is 0 Å². The van der Waals surface area contributed by atoms with Crippen LogP contribution in [0.1, 0.15) is 41.5 Å². The fourth-order valence-electron chi connectivity index (χ4n) is 6.01. The molecule has 2 amide bonds. The summed E-state index contributed by atoms with van der Waals surface area (Å²) in [4.78, 5) is 42.3. The molecule has 7 heteroatoms. The maximum atomic E-state index is 13.7. The predicted octanol–water partition coefficient (Wildman–Crippen LogP) is 4.42. The summed E-state index contributed by atoms with van der Waals surface area (Å²) in [7, 11) is 0. The van der Waals surface area contributed by atoms with E-state index < -0.39 is 12.0 Å². The Kier molecular flexibility index (Phi) is 10.4. The van der Waals surface area contributed by atoms with Crippen LogP contribution < -0.4 is 5.32 Å². The van der Waals surface area contributed by atoms with Gasteiger partial charge in [0.1, 0.15) is 6.61 Å². The van der Waals surface area contributed by atoms with Gasteiger partial charge in [-0.2, -0.15) is 0 Å². The van der Waals surface area contributed by atoms with Crippen molar-refractivity contribution in [3.8, 4) is 0 Å². The molecule has 224 valence electrons. The highest BCUT2D eigenvalue weighted by Gasteiger charge is 2.33. The Morgan fingerprint density at radius 2 is 1.42 bits per heavy atom. The van der Waals surface area contributed by atoms with Gasteiger partial charge in [0, 0.05) is 13.0 Å². The van der Waals surface area contributed by atoms with E-state index in [4.69, 9.17) is 4.74 Å². The maximum Gasteiger partial charge on any atom is 0.309 e. The molecule has 0 fully saturated rings. The predicted molar refractivity (Wildman–Crippen MR) is 165 cm³/mol. The van der Waals surface area contributed by atoms with Gasteiger partial charge in [-0.05, 0) is 54.4 Å². The molecular weight excluding hydrogens is 540 g/mol. The number of esters is 1. The number of hydrogen-bond acceptors (Lipinski definition) is 5. The molecule has 43 heavy (non-hydrogen) atoms. The standard InChI is InChI=1S/C36H40N2O5/c39-24-33-21-28-15-7-10-18-31(28)23-38(33)34(40)22-29-16-8-9-17-30(19-26-11-3-1-4-12-26)36(42)43-25-32(37-35(29)41)20-27-13-5-2-6-14-27/h1-15,18,29-30,32-33,39H,16-17,19-25H2,(H,37,41). The van der Waals surface area contributed by atoms with Crippen molar-refractivity contribution in [1.29, 1.82) is 0 Å². The van der Waals surface area contributed by atoms with Crippen molar-refractivity contribution in [1.82, 2.24) is 10.2 Å². The Labute approximate surface area is 253 Å². The summed E-state index contributed by atoms with van der Waals surface area (Å²) >= 11 is 0. The first-order valence-electron chi connectivity index (χ1n) is 15.2. The van der Waals surface area contributed by atoms with E-state index in [1.54, 1.807) is 4.90 Å². The number of rotatable bonds is 7. The second kappa shape index (κ2) is 14.8. The van der Waals surface area contributed by atoms with Crippen molar-refractivity contribution < 1.29 is 24.2 Å². The topological polar surface area (TPSA) is 95.9 Å². The van der Waals surface area contributed by atoms with E-state index in [0.29, 0.717) is 38.6 Å². The quantitative estimate of drug-likeness (QED) is 0.319. The molecule has 2 aliphatic heterocycles. The van der Waals surface area contributed by atoms with Gasteiger partial charge in [-0.15, -0.1) is 0 Å². The summed E-state index contributed by atoms with van der Waals surface area (Å²) in [5, 5.41) is 13.2. The second-order valence-corrected chi connectivity index (χ2v) is 11.6. The number of carbonyl (C=O) groups is 3. The van der Waals surface area contributed by atoms with E-state index in [2.05, 4.69) is 5.32 Å². The van der Waals surface area contributed by atoms with Gasteiger partial charge < -0.3 is 20.1 Å². The number of ether oxygens (including phenoxy) is 1. The van der Waals surface area contributed by atoms with Crippen LogP contribution in [0.2, 0.25) is 0 Å². The first kappa shape index (κ1) is 30.2. The molecule has 2 aliphatic rings. The molecule has 0 spiro atoms. The fraction of sp³-hybridized carbons (Fsp3) is 0.361. The lowest BCUT2D eigenvalue weighted by Crippen LogP contribution is -2.48. The van der Waals surface area contributed by atoms with Crippen LogP contribution in [0.4, 0.5) is 0 Å². The highest BCUT2D eigenvalue weighted by atomic mass is 16.5. The molecule has 7 nitrogen and oxygen atoms in total. The summed E-state index contributed by atoms with van der Waals surface area (Å²) in [6.07, 6.45) is 6.35. The van der Waals surface area contributed by atoms with Gasteiger partial charge >= 0.3 is 5.97 Å². The minimum Gasteiger partial charge on any atom is -0.463 e. The molecule has 2 heterocycles. The molecule has 0 aliphatic carbocycles. The molecule has 3 aromatic carbocycles. The number of benzene rings is 3. The van der Waals surface area contributed by atoms with Crippen molar-refractivity contribution in [2.24, 2.45) is 11.8 Å². The van der Waals surface area contributed by atoms with Crippen LogP contribution in [-0.4, -0.2) is 53.1 Å². The van der Waals surface area contributed by atoms with Crippen LogP contribution in [0.15, 0.2) is 97.1 Å². The fourth-order valence-corrected chi connectivity index (χ4v) is 6.01. The lowest BCUT2D eigenvalue weighted by atomic mass is 9.91. The van der Waals surface area contributed by atoms with Crippen LogP contribution in [0.25, 0.3) is 0 Å². The molecule has 3 aromatic rings. The van der Waals surface area contributed by atoms with Crippen molar-refractivity contribution in [3.05, 3.63) is 119 Å². The highest BCUT2D eigenvalue weighted by Crippen LogP contribution is 2.26. The average Bonchev–Trinajstić information content (AvgIpc) is 3.03. The largest absolute Gasteiger partial charge is 0.463 e. The number of aliphatic hydroxyl groups is 1. The summed E-state index contributed by atoms with van der Waals surface area (Å²) in [5.41, 5.74) is 4.28. The molecule has 0 saturated heterocycles. The number of hydrogen-bond donors (Lipinski definition) is 2. The third-order valence-electron chi connectivity index (χ3n) is 8.44. The minimum absolute atomic E-state index is 0.0279. The maximum absolute atomic E-state index is 13.7. The SMILES string of the molecule is O=C1NC(Cc2ccccc2)COC(=O)C(Cc2ccccc2)CC=CCC1CC(=O)N1Cc2ccccc2CC1CO. The van der Waals surface area contributed by atoms with E-state index in [1.807, 2.05) is 97.1 Å². The summed E-state index contributed by atoms with van der Waals surface area (Å²) < 4.78 is 5.82. The van der Waals surface area contributed by atoms with E-state index in [-0.39, 0.29) is 49.4 Å². The Morgan fingerprint density at radius 1 is 0.814 bits per heavy atom. The van der Waals surface area contributed by atoms with Gasteiger partial charge in [0.2, 0.25) is 11.8 Å². The average molecular weight is 581 g/mol. The number of carbonyl (C=O) groups excluding carboxylic acids is 3. The van der Waals surface area contributed by atoms with Crippen molar-refractivity contribution in [3.63, 3.8) is 0 Å². The number of amides is 2. The highest BCUT2D eigenvalue weighted by molar-refractivity contribution is 5.86. The molecule has 4 atom stereocenters. The van der Waals surface area contributed by atoms with Crippen molar-refractivity contribution >= 4 is 17.8 Å². The van der Waals surface area contributed by atoms with Crippen LogP contribution in [0.3, 0.4) is 0 Å².